The third-order valence-corrected chi connectivity index (χ3v) is 4.50. The molecule has 0 radical (unpaired) electrons. The van der Waals surface area contributed by atoms with E-state index in [-0.39, 0.29) is 29.7 Å². The molecule has 2 aliphatic rings. The maximum absolute atomic E-state index is 12.2. The number of hydrogen-bond acceptors (Lipinski definition) is 4. The van der Waals surface area contributed by atoms with E-state index < -0.39 is 5.54 Å². The highest BCUT2D eigenvalue weighted by atomic mass is 35.5. The zero-order valence-corrected chi connectivity index (χ0v) is 11.7. The van der Waals surface area contributed by atoms with Gasteiger partial charge < -0.3 is 10.6 Å². The lowest BCUT2D eigenvalue weighted by Crippen LogP contribution is -2.50. The first-order valence-corrected chi connectivity index (χ1v) is 6.65. The Morgan fingerprint density at radius 1 is 1.71 bits per heavy atom. The molecule has 1 amide bonds. The number of amides is 1. The van der Waals surface area contributed by atoms with E-state index in [0.717, 1.165) is 5.75 Å². The van der Waals surface area contributed by atoms with E-state index in [1.807, 2.05) is 0 Å². The average Bonchev–Trinajstić information content (AvgIpc) is 2.66. The van der Waals surface area contributed by atoms with E-state index in [9.17, 15) is 4.79 Å². The fourth-order valence-electron chi connectivity index (χ4n) is 2.65. The van der Waals surface area contributed by atoms with Crippen LogP contribution in [0.5, 0.6) is 0 Å². The molecule has 2 saturated heterocycles. The molecule has 0 bridgehead atoms. The topological polar surface area (TPSA) is 70.1 Å². The molecule has 6 heteroatoms. The number of fused-ring (bicyclic) bond motifs is 1. The number of halogens is 1. The van der Waals surface area contributed by atoms with Gasteiger partial charge >= 0.3 is 0 Å². The lowest BCUT2D eigenvalue weighted by atomic mass is 9.88. The van der Waals surface area contributed by atoms with Gasteiger partial charge in [-0.1, -0.05) is 13.8 Å². The van der Waals surface area contributed by atoms with E-state index in [1.54, 1.807) is 16.7 Å². The van der Waals surface area contributed by atoms with Crippen LogP contribution in [0.4, 0.5) is 0 Å². The summed E-state index contributed by atoms with van der Waals surface area (Å²) in [5.74, 6) is 1.10. The zero-order chi connectivity index (χ0) is 11.9. The third kappa shape index (κ3) is 2.40. The van der Waals surface area contributed by atoms with Crippen LogP contribution >= 0.6 is 24.2 Å². The number of rotatable bonds is 2. The molecule has 0 saturated carbocycles. The molecule has 0 aromatic heterocycles. The molecule has 0 aliphatic carbocycles. The van der Waals surface area contributed by atoms with Gasteiger partial charge in [0.15, 0.2) is 0 Å². The van der Waals surface area contributed by atoms with E-state index in [4.69, 9.17) is 11.0 Å². The van der Waals surface area contributed by atoms with Crippen LogP contribution < -0.4 is 5.73 Å². The molecule has 4 nitrogen and oxygen atoms in total. The maximum atomic E-state index is 12.2. The van der Waals surface area contributed by atoms with Crippen LogP contribution in [0, 0.1) is 17.2 Å². The predicted octanol–water partition coefficient (Wildman–Crippen LogP) is 1.35. The van der Waals surface area contributed by atoms with Crippen LogP contribution in [-0.2, 0) is 4.79 Å². The molecular formula is C11H18ClN3OS. The molecule has 2 aliphatic heterocycles. The number of carbonyl (C=O) groups is 1. The van der Waals surface area contributed by atoms with Crippen molar-refractivity contribution in [1.82, 2.24) is 4.90 Å². The predicted molar refractivity (Wildman–Crippen MR) is 70.7 cm³/mol. The third-order valence-electron chi connectivity index (χ3n) is 3.21. The molecule has 2 fully saturated rings. The Kier molecular flexibility index (Phi) is 4.34. The van der Waals surface area contributed by atoms with Crippen molar-refractivity contribution in [3.05, 3.63) is 0 Å². The summed E-state index contributed by atoms with van der Waals surface area (Å²) in [5, 5.41) is 9.11. The Morgan fingerprint density at radius 3 is 2.88 bits per heavy atom. The second-order valence-corrected chi connectivity index (χ2v) is 6.31. The van der Waals surface area contributed by atoms with Crippen LogP contribution in [0.1, 0.15) is 26.7 Å². The lowest BCUT2D eigenvalue weighted by Gasteiger charge is -2.25. The summed E-state index contributed by atoms with van der Waals surface area (Å²) in [7, 11) is 0. The van der Waals surface area contributed by atoms with Gasteiger partial charge in [0.2, 0.25) is 5.91 Å². The van der Waals surface area contributed by atoms with Crippen molar-refractivity contribution < 1.29 is 4.79 Å². The highest BCUT2D eigenvalue weighted by molar-refractivity contribution is 8.00. The minimum Gasteiger partial charge on any atom is -0.317 e. The average molecular weight is 276 g/mol. The first kappa shape index (κ1) is 14.6. The fraction of sp³-hybridized carbons (Fsp3) is 0.818. The molecule has 3 atom stereocenters. The quantitative estimate of drug-likeness (QED) is 0.826. The molecule has 0 spiro atoms. The summed E-state index contributed by atoms with van der Waals surface area (Å²) in [6.45, 7) is 4.14. The van der Waals surface area contributed by atoms with Crippen molar-refractivity contribution >= 4 is 30.1 Å². The van der Waals surface area contributed by atoms with Crippen molar-refractivity contribution in [3.63, 3.8) is 0 Å². The summed E-state index contributed by atoms with van der Waals surface area (Å²) in [6, 6.07) is 1.91. The van der Waals surface area contributed by atoms with Gasteiger partial charge in [-0.3, -0.25) is 4.79 Å². The molecular weight excluding hydrogens is 258 g/mol. The first-order chi connectivity index (χ1) is 7.48. The number of nitriles is 1. The molecule has 96 valence electrons. The van der Waals surface area contributed by atoms with Crippen LogP contribution in [0.15, 0.2) is 0 Å². The number of nitrogens with zero attached hydrogens (tertiary/aromatic N) is 2. The van der Waals surface area contributed by atoms with Crippen molar-refractivity contribution in [2.75, 3.05) is 5.75 Å². The van der Waals surface area contributed by atoms with E-state index >= 15 is 0 Å². The van der Waals surface area contributed by atoms with E-state index in [1.165, 1.54) is 0 Å². The van der Waals surface area contributed by atoms with E-state index in [0.29, 0.717) is 18.8 Å². The second-order valence-electron chi connectivity index (χ2n) is 5.10. The van der Waals surface area contributed by atoms with Crippen LogP contribution in [0.25, 0.3) is 0 Å². The maximum Gasteiger partial charge on any atom is 0.244 e. The summed E-state index contributed by atoms with van der Waals surface area (Å²) < 4.78 is 0. The Labute approximate surface area is 112 Å². The molecule has 3 unspecified atom stereocenters. The Balaban J connectivity index is 0.00000144. The Hall–Kier alpha value is -0.440. The first-order valence-electron chi connectivity index (χ1n) is 5.61. The molecule has 2 heterocycles. The number of nitrogens with two attached hydrogens (primary N) is 1. The molecule has 0 aromatic carbocycles. The lowest BCUT2D eigenvalue weighted by molar-refractivity contribution is -0.133. The fourth-order valence-corrected chi connectivity index (χ4v) is 4.11. The summed E-state index contributed by atoms with van der Waals surface area (Å²) in [6.07, 6.45) is 1.39. The van der Waals surface area contributed by atoms with Crippen LogP contribution in [0.2, 0.25) is 0 Å². The summed E-state index contributed by atoms with van der Waals surface area (Å²) in [5.41, 5.74) is 5.46. The van der Waals surface area contributed by atoms with Crippen LogP contribution in [-0.4, -0.2) is 33.5 Å². The van der Waals surface area contributed by atoms with Gasteiger partial charge in [0.25, 0.3) is 0 Å². The normalized spacial score (nSPS) is 35.7. The Morgan fingerprint density at radius 2 is 2.35 bits per heavy atom. The van der Waals surface area contributed by atoms with Crippen molar-refractivity contribution in [3.8, 4) is 6.07 Å². The molecule has 2 rings (SSSR count). The number of hydrogen-bond donors (Lipinski definition) is 1. The van der Waals surface area contributed by atoms with Gasteiger partial charge in [-0.15, -0.1) is 24.2 Å². The van der Waals surface area contributed by atoms with Gasteiger partial charge in [0.05, 0.1) is 17.0 Å². The zero-order valence-electron chi connectivity index (χ0n) is 10.0. The van der Waals surface area contributed by atoms with Crippen molar-refractivity contribution in [1.29, 1.82) is 5.26 Å². The highest BCUT2D eigenvalue weighted by Crippen LogP contribution is 2.42. The summed E-state index contributed by atoms with van der Waals surface area (Å²) >= 11 is 1.68. The van der Waals surface area contributed by atoms with Crippen molar-refractivity contribution in [2.24, 2.45) is 11.7 Å². The minimum atomic E-state index is -0.735. The van der Waals surface area contributed by atoms with Gasteiger partial charge in [-0.25, -0.2) is 0 Å². The molecule has 2 N–H and O–H groups in total. The summed E-state index contributed by atoms with van der Waals surface area (Å²) in [4.78, 5) is 14.0. The van der Waals surface area contributed by atoms with Gasteiger partial charge in [0.1, 0.15) is 6.04 Å². The number of carbonyl (C=O) groups excluding carboxylic acids is 1. The highest BCUT2D eigenvalue weighted by Gasteiger charge is 2.54. The largest absolute Gasteiger partial charge is 0.317 e. The monoisotopic (exact) mass is 275 g/mol. The van der Waals surface area contributed by atoms with Crippen molar-refractivity contribution in [2.45, 2.75) is 43.6 Å². The second kappa shape index (κ2) is 5.05. The molecule has 17 heavy (non-hydrogen) atoms. The number of thioether (sulfide) groups is 1. The minimum absolute atomic E-state index is 0. The SMILES string of the molecule is CC(C)CC1(N)CC2SCC(C#N)N2C1=O.Cl. The Bertz CT molecular complexity index is 357. The smallest absolute Gasteiger partial charge is 0.244 e. The van der Waals surface area contributed by atoms with Gasteiger partial charge in [0, 0.05) is 12.2 Å². The van der Waals surface area contributed by atoms with E-state index in [2.05, 4.69) is 19.9 Å². The standard InChI is InChI=1S/C11H17N3OS.ClH/c1-7(2)3-11(13)4-9-14(10(11)15)8(5-12)6-16-9;/h7-9H,3-4,6,13H2,1-2H3;1H. The van der Waals surface area contributed by atoms with Gasteiger partial charge in [-0.2, -0.15) is 5.26 Å². The van der Waals surface area contributed by atoms with Crippen LogP contribution in [0.3, 0.4) is 0 Å². The molecule has 0 aromatic rings. The van der Waals surface area contributed by atoms with Gasteiger partial charge in [-0.05, 0) is 12.3 Å².